The SMILES string of the molecule is CC[C@H](C(=O)Nc1cc([N+](=O)[O-])ccc1OC)N(c1cccc(Cl)c1)S(C)(=O)=O. The Morgan fingerprint density at radius 2 is 2.00 bits per heavy atom. The molecule has 2 rings (SSSR count). The Morgan fingerprint density at radius 3 is 2.52 bits per heavy atom. The summed E-state index contributed by atoms with van der Waals surface area (Å²) in [7, 11) is -2.50. The van der Waals surface area contributed by atoms with Crippen molar-refractivity contribution in [1.82, 2.24) is 0 Å². The van der Waals surface area contributed by atoms with Crippen LogP contribution in [0.2, 0.25) is 5.02 Å². The number of non-ortho nitro benzene ring substituents is 1. The molecule has 0 aromatic heterocycles. The summed E-state index contributed by atoms with van der Waals surface area (Å²) in [5.41, 5.74) is 0.0432. The highest BCUT2D eigenvalue weighted by Crippen LogP contribution is 2.30. The van der Waals surface area contributed by atoms with Gasteiger partial charge in [-0.1, -0.05) is 24.6 Å². The minimum Gasteiger partial charge on any atom is -0.495 e. The van der Waals surface area contributed by atoms with Crippen molar-refractivity contribution < 1.29 is 22.9 Å². The maximum Gasteiger partial charge on any atom is 0.271 e. The summed E-state index contributed by atoms with van der Waals surface area (Å²) in [6, 6.07) is 8.73. The van der Waals surface area contributed by atoms with Gasteiger partial charge in [-0.15, -0.1) is 0 Å². The van der Waals surface area contributed by atoms with Crippen LogP contribution in [-0.2, 0) is 14.8 Å². The van der Waals surface area contributed by atoms with Crippen LogP contribution in [-0.4, -0.2) is 38.7 Å². The number of rotatable bonds is 8. The average Bonchev–Trinajstić information content (AvgIpc) is 2.64. The molecule has 0 aliphatic rings. The van der Waals surface area contributed by atoms with E-state index < -0.39 is 26.9 Å². The molecule has 156 valence electrons. The van der Waals surface area contributed by atoms with Gasteiger partial charge in [0.05, 0.1) is 29.7 Å². The Hall–Kier alpha value is -2.85. The predicted molar refractivity (Wildman–Crippen MR) is 111 cm³/mol. The van der Waals surface area contributed by atoms with Crippen molar-refractivity contribution in [3.63, 3.8) is 0 Å². The number of methoxy groups -OCH3 is 1. The van der Waals surface area contributed by atoms with Gasteiger partial charge in [0.15, 0.2) is 0 Å². The summed E-state index contributed by atoms with van der Waals surface area (Å²) in [5.74, 6) is -0.468. The van der Waals surface area contributed by atoms with Gasteiger partial charge in [0.25, 0.3) is 5.69 Å². The molecular weight excluding hydrogens is 422 g/mol. The van der Waals surface area contributed by atoms with Crippen LogP contribution in [0.15, 0.2) is 42.5 Å². The molecule has 29 heavy (non-hydrogen) atoms. The number of anilines is 2. The molecule has 0 aliphatic carbocycles. The van der Waals surface area contributed by atoms with E-state index in [1.54, 1.807) is 19.1 Å². The van der Waals surface area contributed by atoms with E-state index in [1.165, 1.54) is 31.4 Å². The second kappa shape index (κ2) is 9.10. The molecule has 0 aliphatic heterocycles. The lowest BCUT2D eigenvalue weighted by molar-refractivity contribution is -0.384. The quantitative estimate of drug-likeness (QED) is 0.495. The third kappa shape index (κ3) is 5.36. The summed E-state index contributed by atoms with van der Waals surface area (Å²) < 4.78 is 31.0. The molecule has 1 N–H and O–H groups in total. The highest BCUT2D eigenvalue weighted by molar-refractivity contribution is 7.92. The molecule has 1 atom stereocenters. The van der Waals surface area contributed by atoms with Gasteiger partial charge in [0.1, 0.15) is 11.8 Å². The first-order valence-electron chi connectivity index (χ1n) is 8.46. The third-order valence-electron chi connectivity index (χ3n) is 4.04. The van der Waals surface area contributed by atoms with Crippen molar-refractivity contribution in [3.8, 4) is 5.75 Å². The van der Waals surface area contributed by atoms with E-state index in [0.717, 1.165) is 16.6 Å². The van der Waals surface area contributed by atoms with Crippen LogP contribution in [0.1, 0.15) is 13.3 Å². The third-order valence-corrected chi connectivity index (χ3v) is 5.46. The Morgan fingerprint density at radius 1 is 1.31 bits per heavy atom. The van der Waals surface area contributed by atoms with Crippen molar-refractivity contribution >= 4 is 44.6 Å². The van der Waals surface area contributed by atoms with E-state index in [1.807, 2.05) is 0 Å². The smallest absolute Gasteiger partial charge is 0.271 e. The zero-order valence-corrected chi connectivity index (χ0v) is 17.5. The molecule has 0 radical (unpaired) electrons. The first-order chi connectivity index (χ1) is 13.6. The maximum absolute atomic E-state index is 13.0. The summed E-state index contributed by atoms with van der Waals surface area (Å²) in [5, 5.41) is 13.9. The fourth-order valence-corrected chi connectivity index (χ4v) is 4.18. The number of carbonyl (C=O) groups excluding carboxylic acids is 1. The number of ether oxygens (including phenoxy) is 1. The molecule has 0 fully saturated rings. The summed E-state index contributed by atoms with van der Waals surface area (Å²) in [4.78, 5) is 23.4. The van der Waals surface area contributed by atoms with Crippen molar-refractivity contribution in [3.05, 3.63) is 57.6 Å². The molecule has 0 saturated carbocycles. The lowest BCUT2D eigenvalue weighted by Crippen LogP contribution is -2.47. The normalized spacial score (nSPS) is 12.1. The van der Waals surface area contributed by atoms with Crippen molar-refractivity contribution in [2.24, 2.45) is 0 Å². The van der Waals surface area contributed by atoms with E-state index in [-0.39, 0.29) is 29.2 Å². The molecule has 11 heteroatoms. The average molecular weight is 442 g/mol. The van der Waals surface area contributed by atoms with Crippen LogP contribution in [0.25, 0.3) is 0 Å². The number of halogens is 1. The monoisotopic (exact) mass is 441 g/mol. The molecule has 1 amide bonds. The summed E-state index contributed by atoms with van der Waals surface area (Å²) >= 11 is 5.98. The van der Waals surface area contributed by atoms with Crippen LogP contribution in [0, 0.1) is 10.1 Å². The van der Waals surface area contributed by atoms with E-state index in [4.69, 9.17) is 16.3 Å². The molecular formula is C18H20ClN3O6S. The van der Waals surface area contributed by atoms with Crippen molar-refractivity contribution in [1.29, 1.82) is 0 Å². The first-order valence-corrected chi connectivity index (χ1v) is 10.7. The minimum absolute atomic E-state index is 0.0599. The number of hydrogen-bond acceptors (Lipinski definition) is 6. The van der Waals surface area contributed by atoms with Crippen LogP contribution in [0.5, 0.6) is 5.75 Å². The minimum atomic E-state index is -3.85. The highest BCUT2D eigenvalue weighted by Gasteiger charge is 2.32. The van der Waals surface area contributed by atoms with Gasteiger partial charge in [0.2, 0.25) is 15.9 Å². The van der Waals surface area contributed by atoms with E-state index in [2.05, 4.69) is 5.32 Å². The van der Waals surface area contributed by atoms with Gasteiger partial charge in [0, 0.05) is 17.2 Å². The highest BCUT2D eigenvalue weighted by atomic mass is 35.5. The number of nitro groups is 1. The molecule has 9 nitrogen and oxygen atoms in total. The molecule has 2 aromatic carbocycles. The summed E-state index contributed by atoms with van der Waals surface area (Å²) in [6.45, 7) is 1.65. The number of carbonyl (C=O) groups is 1. The van der Waals surface area contributed by atoms with E-state index in [0.29, 0.717) is 5.02 Å². The number of hydrogen-bond donors (Lipinski definition) is 1. The zero-order chi connectivity index (χ0) is 21.8. The van der Waals surface area contributed by atoms with Gasteiger partial charge >= 0.3 is 0 Å². The Balaban J connectivity index is 2.45. The molecule has 0 unspecified atom stereocenters. The van der Waals surface area contributed by atoms with Gasteiger partial charge in [-0.3, -0.25) is 19.2 Å². The van der Waals surface area contributed by atoms with Gasteiger partial charge < -0.3 is 10.1 Å². The summed E-state index contributed by atoms with van der Waals surface area (Å²) in [6.07, 6.45) is 1.13. The number of amides is 1. The number of nitro benzene ring substituents is 1. The van der Waals surface area contributed by atoms with Crippen LogP contribution in [0.4, 0.5) is 17.1 Å². The van der Waals surface area contributed by atoms with Crippen LogP contribution in [0.3, 0.4) is 0 Å². The fraction of sp³-hybridized carbons (Fsp3) is 0.278. The molecule has 0 heterocycles. The predicted octanol–water partition coefficient (Wildman–Crippen LogP) is 3.44. The lowest BCUT2D eigenvalue weighted by atomic mass is 10.1. The Bertz CT molecular complexity index is 1030. The van der Waals surface area contributed by atoms with Crippen LogP contribution < -0.4 is 14.4 Å². The fourth-order valence-electron chi connectivity index (χ4n) is 2.80. The van der Waals surface area contributed by atoms with Crippen molar-refractivity contribution in [2.75, 3.05) is 23.0 Å². The van der Waals surface area contributed by atoms with Crippen LogP contribution >= 0.6 is 11.6 Å². The molecule has 0 spiro atoms. The number of nitrogens with one attached hydrogen (secondary N) is 1. The number of nitrogens with zero attached hydrogens (tertiary/aromatic N) is 2. The lowest BCUT2D eigenvalue weighted by Gasteiger charge is -2.30. The Kier molecular flexibility index (Phi) is 7.04. The molecule has 2 aromatic rings. The van der Waals surface area contributed by atoms with Crippen molar-refractivity contribution in [2.45, 2.75) is 19.4 Å². The number of sulfonamides is 1. The zero-order valence-electron chi connectivity index (χ0n) is 16.0. The van der Waals surface area contributed by atoms with Gasteiger partial charge in [-0.05, 0) is 30.7 Å². The largest absolute Gasteiger partial charge is 0.495 e. The molecule has 0 bridgehead atoms. The second-order valence-electron chi connectivity index (χ2n) is 6.09. The van der Waals surface area contributed by atoms with Gasteiger partial charge in [-0.25, -0.2) is 8.42 Å². The topological polar surface area (TPSA) is 119 Å². The van der Waals surface area contributed by atoms with E-state index in [9.17, 15) is 23.3 Å². The van der Waals surface area contributed by atoms with E-state index >= 15 is 0 Å². The first kappa shape index (κ1) is 22.4. The standard InChI is InChI=1S/C18H20ClN3O6S/c1-4-16(21(29(3,26)27)13-7-5-6-12(19)10-13)18(23)20-15-11-14(22(24)25)8-9-17(15)28-2/h5-11,16H,4H2,1-3H3,(H,20,23)/t16-/m1/s1. The number of benzene rings is 2. The molecule has 0 saturated heterocycles. The second-order valence-corrected chi connectivity index (χ2v) is 8.39. The maximum atomic E-state index is 13.0. The van der Waals surface area contributed by atoms with Gasteiger partial charge in [-0.2, -0.15) is 0 Å². The Labute approximate surface area is 173 Å².